The number of nitrogens with one attached hydrogen (secondary N) is 3. The number of amides is 1. The maximum Gasteiger partial charge on any atom is 0.307 e. The molecular formula is C57H94N4O7. The number of carbonyl (C=O) groups excluding carboxylic acids is 3. The molecule has 2 heterocycles. The summed E-state index contributed by atoms with van der Waals surface area (Å²) in [5.41, 5.74) is 1.94. The Morgan fingerprint density at radius 2 is 1.01 bits per heavy atom. The fourth-order valence-electron chi connectivity index (χ4n) is 11.5. The van der Waals surface area contributed by atoms with Gasteiger partial charge in [0.05, 0.1) is 0 Å². The number of nitrogens with zero attached hydrogens (tertiary/aromatic N) is 1. The third-order valence-electron chi connectivity index (χ3n) is 13.9. The number of carbonyl (C=O) groups is 3. The van der Waals surface area contributed by atoms with Crippen LogP contribution in [0.1, 0.15) is 217 Å². The minimum Gasteiger partial charge on any atom is -0.507 e. The van der Waals surface area contributed by atoms with Crippen molar-refractivity contribution >= 4 is 17.8 Å². The summed E-state index contributed by atoms with van der Waals surface area (Å²) in [6, 6.07) is 8.12. The molecule has 0 aliphatic carbocycles. The van der Waals surface area contributed by atoms with Crippen LogP contribution in [0.25, 0.3) is 0 Å². The van der Waals surface area contributed by atoms with Crippen LogP contribution in [0.4, 0.5) is 0 Å². The average molecular weight is 947 g/mol. The normalized spacial score (nSPS) is 19.6. The number of hydrogen-bond donors (Lipinski definition) is 5. The predicted octanol–water partition coefficient (Wildman–Crippen LogP) is 10.7. The van der Waals surface area contributed by atoms with E-state index in [0.29, 0.717) is 50.3 Å². The van der Waals surface area contributed by atoms with Crippen molar-refractivity contribution in [3.63, 3.8) is 0 Å². The topological polar surface area (TPSA) is 149 Å². The highest BCUT2D eigenvalue weighted by Gasteiger charge is 2.54. The number of benzene rings is 2. The number of rotatable bonds is 15. The minimum absolute atomic E-state index is 0.0402. The summed E-state index contributed by atoms with van der Waals surface area (Å²) in [6.07, 6.45) is 4.06. The second kappa shape index (κ2) is 20.2. The van der Waals surface area contributed by atoms with Gasteiger partial charge in [0.1, 0.15) is 18.1 Å². The van der Waals surface area contributed by atoms with Crippen LogP contribution < -0.4 is 16.0 Å². The molecule has 384 valence electrons. The fraction of sp³-hybridized carbons (Fsp3) is 0.737. The first-order valence-electron chi connectivity index (χ1n) is 25.4. The highest BCUT2D eigenvalue weighted by atomic mass is 16.6. The molecule has 4 rings (SSSR count). The van der Waals surface area contributed by atoms with Gasteiger partial charge in [-0.3, -0.25) is 24.6 Å². The molecule has 2 aromatic carbocycles. The van der Waals surface area contributed by atoms with E-state index in [2.05, 4.69) is 159 Å². The summed E-state index contributed by atoms with van der Waals surface area (Å²) in [7, 11) is 0. The molecule has 2 fully saturated rings. The van der Waals surface area contributed by atoms with Crippen molar-refractivity contribution in [3.8, 4) is 11.5 Å². The molecule has 2 saturated heterocycles. The number of aromatic hydroxyl groups is 2. The largest absolute Gasteiger partial charge is 0.507 e. The Hall–Kier alpha value is -3.67. The average Bonchev–Trinajstić information content (AvgIpc) is 3.11. The Labute approximate surface area is 412 Å². The summed E-state index contributed by atoms with van der Waals surface area (Å²) in [6.45, 7) is 43.2. The lowest BCUT2D eigenvalue weighted by atomic mass is 9.74. The zero-order chi connectivity index (χ0) is 51.9. The third-order valence-corrected chi connectivity index (χ3v) is 13.9. The Bertz CT molecular complexity index is 2020. The SMILES string of the molecule is CC1(C)CC(NC(=O)CCNC2(OC(=O)CCc3cc(C(C)(C)C)c(O)c(C(C)(C)C)c3)CC(C)(C)N(CCOC(=O)CCc3cc(C(C)(C)C)c(O)c(C(C)(C)C)c3)C(C)(C)C2)CC(C)(C)N1. The van der Waals surface area contributed by atoms with Gasteiger partial charge in [0.2, 0.25) is 5.91 Å². The van der Waals surface area contributed by atoms with E-state index in [9.17, 15) is 24.6 Å². The molecule has 11 nitrogen and oxygen atoms in total. The van der Waals surface area contributed by atoms with E-state index >= 15 is 0 Å². The monoisotopic (exact) mass is 947 g/mol. The fourth-order valence-corrected chi connectivity index (χ4v) is 11.5. The minimum atomic E-state index is -1.08. The van der Waals surface area contributed by atoms with Gasteiger partial charge in [0, 0.05) is 73.4 Å². The van der Waals surface area contributed by atoms with Gasteiger partial charge >= 0.3 is 11.9 Å². The molecule has 0 aromatic heterocycles. The Kier molecular flexibility index (Phi) is 16.9. The number of esters is 2. The Morgan fingerprint density at radius 1 is 0.632 bits per heavy atom. The lowest BCUT2D eigenvalue weighted by molar-refractivity contribution is -0.195. The number of likely N-dealkylation sites (tertiary alicyclic amines) is 1. The highest BCUT2D eigenvalue weighted by molar-refractivity contribution is 5.76. The molecule has 68 heavy (non-hydrogen) atoms. The number of ether oxygens (including phenoxy) is 2. The van der Waals surface area contributed by atoms with Gasteiger partial charge in [0.15, 0.2) is 5.72 Å². The second-order valence-electron chi connectivity index (χ2n) is 27.1. The van der Waals surface area contributed by atoms with Crippen molar-refractivity contribution in [3.05, 3.63) is 57.6 Å². The lowest BCUT2D eigenvalue weighted by Gasteiger charge is -2.59. The first-order chi connectivity index (χ1) is 30.7. The van der Waals surface area contributed by atoms with E-state index in [-0.39, 0.29) is 82.5 Å². The van der Waals surface area contributed by atoms with Crippen molar-refractivity contribution in [2.45, 2.75) is 252 Å². The summed E-state index contributed by atoms with van der Waals surface area (Å²) in [5, 5.41) is 33.1. The quantitative estimate of drug-likeness (QED) is 0.0863. The van der Waals surface area contributed by atoms with Crippen LogP contribution in [0.3, 0.4) is 0 Å². The van der Waals surface area contributed by atoms with Gasteiger partial charge in [-0.1, -0.05) is 107 Å². The first kappa shape index (κ1) is 56.9. The van der Waals surface area contributed by atoms with Crippen LogP contribution in [-0.2, 0) is 58.4 Å². The van der Waals surface area contributed by atoms with Gasteiger partial charge in [-0.05, 0) is 136 Å². The third kappa shape index (κ3) is 15.2. The van der Waals surface area contributed by atoms with Gasteiger partial charge in [-0.2, -0.15) is 0 Å². The smallest absolute Gasteiger partial charge is 0.307 e. The van der Waals surface area contributed by atoms with Crippen LogP contribution in [0, 0.1) is 0 Å². The van der Waals surface area contributed by atoms with Crippen LogP contribution in [0.15, 0.2) is 24.3 Å². The van der Waals surface area contributed by atoms with Gasteiger partial charge in [0.25, 0.3) is 0 Å². The zero-order valence-electron chi connectivity index (χ0n) is 46.3. The molecule has 0 spiro atoms. The van der Waals surface area contributed by atoms with E-state index in [4.69, 9.17) is 9.47 Å². The molecule has 0 radical (unpaired) electrons. The molecule has 0 bridgehead atoms. The Balaban J connectivity index is 1.51. The van der Waals surface area contributed by atoms with Gasteiger partial charge in [-0.15, -0.1) is 0 Å². The molecule has 2 aliphatic rings. The number of phenols is 2. The van der Waals surface area contributed by atoms with E-state index in [1.165, 1.54) is 0 Å². The second-order valence-corrected chi connectivity index (χ2v) is 27.1. The van der Waals surface area contributed by atoms with Crippen LogP contribution in [-0.4, -0.2) is 86.6 Å². The molecule has 2 aliphatic heterocycles. The predicted molar refractivity (Wildman–Crippen MR) is 277 cm³/mol. The van der Waals surface area contributed by atoms with Crippen molar-refractivity contribution < 1.29 is 34.1 Å². The van der Waals surface area contributed by atoms with E-state index in [1.54, 1.807) is 0 Å². The van der Waals surface area contributed by atoms with Gasteiger partial charge in [-0.25, -0.2) is 0 Å². The number of hydrogen-bond acceptors (Lipinski definition) is 10. The van der Waals surface area contributed by atoms with E-state index in [1.807, 2.05) is 24.3 Å². The number of aryl methyl sites for hydroxylation is 2. The lowest BCUT2D eigenvalue weighted by Crippen LogP contribution is -2.70. The molecule has 2 aromatic rings. The standard InChI is InChI=1S/C57H94N4O7/c1-49(2,3)40-29-37(30-41(47(40)65)50(4,5)6)21-23-45(63)67-28-27-61-55(17,18)35-57(36-56(61,19)20,58-26-25-44(62)59-39-33-53(13,14)60-54(15,16)34-39)68-46(64)24-22-38-31-42(51(7,8)9)48(66)43(32-38)52(10,11)12/h29-32,39,58,60,65-66H,21-28,33-36H2,1-20H3,(H,59,62). The summed E-state index contributed by atoms with van der Waals surface area (Å²) in [4.78, 5) is 43.4. The van der Waals surface area contributed by atoms with Crippen molar-refractivity contribution in [2.75, 3.05) is 19.7 Å². The summed E-state index contributed by atoms with van der Waals surface area (Å²) in [5.74, 6) is -0.0297. The number of phenolic OH excluding ortho intramolecular Hbond substituents is 2. The molecule has 1 amide bonds. The summed E-state index contributed by atoms with van der Waals surface area (Å²) < 4.78 is 12.6. The van der Waals surface area contributed by atoms with Crippen LogP contribution >= 0.6 is 0 Å². The van der Waals surface area contributed by atoms with Crippen molar-refractivity contribution in [2.24, 2.45) is 0 Å². The van der Waals surface area contributed by atoms with Crippen LogP contribution in [0.2, 0.25) is 0 Å². The van der Waals surface area contributed by atoms with Crippen LogP contribution in [0.5, 0.6) is 11.5 Å². The maximum absolute atomic E-state index is 14.2. The zero-order valence-corrected chi connectivity index (χ0v) is 46.3. The van der Waals surface area contributed by atoms with Crippen molar-refractivity contribution in [1.29, 1.82) is 0 Å². The molecule has 11 heteroatoms. The highest BCUT2D eigenvalue weighted by Crippen LogP contribution is 2.45. The Morgan fingerprint density at radius 3 is 1.40 bits per heavy atom. The van der Waals surface area contributed by atoms with E-state index in [0.717, 1.165) is 46.2 Å². The van der Waals surface area contributed by atoms with Crippen molar-refractivity contribution in [1.82, 2.24) is 20.9 Å². The van der Waals surface area contributed by atoms with E-state index < -0.39 is 16.8 Å². The molecule has 0 atom stereocenters. The molecule has 0 unspecified atom stereocenters. The molecule has 0 saturated carbocycles. The first-order valence-corrected chi connectivity index (χ1v) is 25.4. The van der Waals surface area contributed by atoms with Gasteiger partial charge < -0.3 is 30.3 Å². The maximum atomic E-state index is 14.2. The number of piperidine rings is 2. The molecular weight excluding hydrogens is 853 g/mol. The summed E-state index contributed by atoms with van der Waals surface area (Å²) >= 11 is 0. The molecule has 5 N–H and O–H groups in total.